The summed E-state index contributed by atoms with van der Waals surface area (Å²) in [6.45, 7) is 3.97. The van der Waals surface area contributed by atoms with Gasteiger partial charge in [-0.2, -0.15) is 0 Å². The second-order valence-corrected chi connectivity index (χ2v) is 7.49. The van der Waals surface area contributed by atoms with Crippen LogP contribution in [0.4, 0.5) is 10.3 Å². The average molecular weight is 459 g/mol. The van der Waals surface area contributed by atoms with Crippen LogP contribution in [0.25, 0.3) is 22.9 Å². The molecule has 0 aliphatic heterocycles. The van der Waals surface area contributed by atoms with Crippen LogP contribution in [0.3, 0.4) is 0 Å². The van der Waals surface area contributed by atoms with Gasteiger partial charge in [-0.3, -0.25) is 0 Å². The highest BCUT2D eigenvalue weighted by Crippen LogP contribution is 2.27. The number of nitrogen functional groups attached to an aromatic ring is 1. The summed E-state index contributed by atoms with van der Waals surface area (Å²) in [7, 11) is 1.44. The highest BCUT2D eigenvalue weighted by Gasteiger charge is 2.14. The van der Waals surface area contributed by atoms with Crippen LogP contribution in [-0.4, -0.2) is 23.3 Å². The van der Waals surface area contributed by atoms with E-state index in [1.807, 2.05) is 25.1 Å². The number of oxime groups is 1. The van der Waals surface area contributed by atoms with Crippen LogP contribution >= 0.6 is 23.2 Å². The van der Waals surface area contributed by atoms with Crippen LogP contribution in [0.5, 0.6) is 0 Å². The molecule has 0 saturated carbocycles. The molecule has 3 rings (SSSR count). The molecular weight excluding hydrogens is 438 g/mol. The fourth-order valence-electron chi connectivity index (χ4n) is 3.38. The Hall–Kier alpha value is -2.96. The van der Waals surface area contributed by atoms with Crippen LogP contribution in [0.2, 0.25) is 10.0 Å². The molecule has 31 heavy (non-hydrogen) atoms. The van der Waals surface area contributed by atoms with Gasteiger partial charge in [0.25, 0.3) is 0 Å². The molecule has 0 bridgehead atoms. The van der Waals surface area contributed by atoms with E-state index in [1.54, 1.807) is 12.1 Å². The van der Waals surface area contributed by atoms with Crippen molar-refractivity contribution in [2.24, 2.45) is 5.16 Å². The number of nitrogens with zero attached hydrogens (tertiary/aromatic N) is 3. The summed E-state index contributed by atoms with van der Waals surface area (Å²) in [6.07, 6.45) is 3.95. The summed E-state index contributed by atoms with van der Waals surface area (Å²) in [4.78, 5) is 13.7. The fourth-order valence-corrected chi connectivity index (χ4v) is 3.98. The van der Waals surface area contributed by atoms with Gasteiger partial charge in [0.1, 0.15) is 12.9 Å². The van der Waals surface area contributed by atoms with E-state index >= 15 is 0 Å². The zero-order valence-electron chi connectivity index (χ0n) is 17.3. The molecule has 0 fully saturated rings. The number of anilines is 1. The SMILES string of the molecule is CCc1cccc(Cl)c1\C(C)=c1/nc(N)nc(-c2ccc(F)cc2Cl)/c1=C/C=N/OC. The fraction of sp³-hybridized carbons (Fsp3) is 0.174. The van der Waals surface area contributed by atoms with E-state index in [9.17, 15) is 4.39 Å². The molecule has 0 radical (unpaired) electrons. The molecule has 0 aliphatic rings. The van der Waals surface area contributed by atoms with Crippen LogP contribution in [0.1, 0.15) is 25.0 Å². The number of nitrogens with two attached hydrogens (primary N) is 1. The van der Waals surface area contributed by atoms with Crippen molar-refractivity contribution in [3.63, 3.8) is 0 Å². The predicted octanol–water partition coefficient (Wildman–Crippen LogP) is 4.37. The summed E-state index contributed by atoms with van der Waals surface area (Å²) in [5.41, 5.74) is 9.78. The third-order valence-corrected chi connectivity index (χ3v) is 5.40. The maximum absolute atomic E-state index is 13.6. The highest BCUT2D eigenvalue weighted by atomic mass is 35.5. The summed E-state index contributed by atoms with van der Waals surface area (Å²) in [6, 6.07) is 9.85. The lowest BCUT2D eigenvalue weighted by Gasteiger charge is -2.12. The van der Waals surface area contributed by atoms with Crippen molar-refractivity contribution in [2.45, 2.75) is 20.3 Å². The number of hydrogen-bond donors (Lipinski definition) is 1. The molecule has 0 amide bonds. The quantitative estimate of drug-likeness (QED) is 0.455. The lowest BCUT2D eigenvalue weighted by molar-refractivity contribution is 0.216. The van der Waals surface area contributed by atoms with Gasteiger partial charge in [0.05, 0.1) is 22.3 Å². The van der Waals surface area contributed by atoms with Gasteiger partial charge in [0.2, 0.25) is 5.95 Å². The summed E-state index contributed by atoms with van der Waals surface area (Å²) < 4.78 is 13.6. The maximum atomic E-state index is 13.6. The van der Waals surface area contributed by atoms with E-state index in [4.69, 9.17) is 33.8 Å². The van der Waals surface area contributed by atoms with Crippen LogP contribution < -0.4 is 16.3 Å². The number of benzene rings is 2. The lowest BCUT2D eigenvalue weighted by atomic mass is 9.97. The van der Waals surface area contributed by atoms with E-state index in [-0.39, 0.29) is 11.0 Å². The summed E-state index contributed by atoms with van der Waals surface area (Å²) >= 11 is 12.9. The largest absolute Gasteiger partial charge is 0.399 e. The standard InChI is InChI=1S/C23H21Cl2FN4O/c1-4-14-6-5-7-18(24)20(14)13(2)21-17(10-11-28-31-3)22(30-23(27)29-21)16-9-8-15(26)12-19(16)25/h5-12H,4H2,1-3H3,(H2,27,29)/b17-10+,21-13-,28-11+. The van der Waals surface area contributed by atoms with E-state index in [2.05, 4.69) is 22.0 Å². The van der Waals surface area contributed by atoms with Gasteiger partial charge >= 0.3 is 0 Å². The first kappa shape index (κ1) is 22.7. The smallest absolute Gasteiger partial charge is 0.221 e. The third kappa shape index (κ3) is 4.86. The number of aromatic nitrogens is 2. The molecule has 2 aromatic carbocycles. The van der Waals surface area contributed by atoms with Gasteiger partial charge in [-0.05, 0) is 54.8 Å². The first-order valence-corrected chi connectivity index (χ1v) is 10.3. The first-order valence-electron chi connectivity index (χ1n) is 9.51. The molecule has 0 unspecified atom stereocenters. The van der Waals surface area contributed by atoms with Crippen LogP contribution in [0.15, 0.2) is 41.6 Å². The topological polar surface area (TPSA) is 73.4 Å². The molecule has 3 aromatic rings. The Balaban J connectivity index is 2.50. The normalized spacial score (nSPS) is 13.0. The first-order chi connectivity index (χ1) is 14.9. The van der Waals surface area contributed by atoms with Gasteiger partial charge < -0.3 is 10.6 Å². The van der Waals surface area contributed by atoms with Crippen molar-refractivity contribution in [3.05, 3.63) is 74.0 Å². The summed E-state index contributed by atoms with van der Waals surface area (Å²) in [5.74, 6) is -0.399. The molecule has 1 heterocycles. The Bertz CT molecular complexity index is 1280. The van der Waals surface area contributed by atoms with Crippen molar-refractivity contribution in [1.82, 2.24) is 9.97 Å². The Morgan fingerprint density at radius 3 is 2.65 bits per heavy atom. The van der Waals surface area contributed by atoms with Gasteiger partial charge in [-0.15, -0.1) is 0 Å². The predicted molar refractivity (Wildman–Crippen MR) is 125 cm³/mol. The Labute approximate surface area is 189 Å². The molecule has 0 aliphatic carbocycles. The van der Waals surface area contributed by atoms with Crippen molar-refractivity contribution >= 4 is 47.0 Å². The van der Waals surface area contributed by atoms with Gasteiger partial charge in [-0.25, -0.2) is 14.4 Å². The molecule has 5 nitrogen and oxygen atoms in total. The van der Waals surface area contributed by atoms with Gasteiger partial charge in [-0.1, -0.05) is 47.4 Å². The molecule has 8 heteroatoms. The van der Waals surface area contributed by atoms with Crippen molar-refractivity contribution in [1.29, 1.82) is 0 Å². The zero-order chi connectivity index (χ0) is 22.5. The minimum absolute atomic E-state index is 0.0516. The Kier molecular flexibility index (Phi) is 7.25. The Morgan fingerprint density at radius 2 is 1.97 bits per heavy atom. The Morgan fingerprint density at radius 1 is 1.19 bits per heavy atom. The molecular formula is C23H21Cl2FN4O. The average Bonchev–Trinajstić information content (AvgIpc) is 2.74. The highest BCUT2D eigenvalue weighted by molar-refractivity contribution is 6.33. The lowest BCUT2D eigenvalue weighted by Crippen LogP contribution is -2.35. The number of hydrogen-bond acceptors (Lipinski definition) is 5. The molecule has 2 N–H and O–H groups in total. The van der Waals surface area contributed by atoms with Crippen LogP contribution in [-0.2, 0) is 11.3 Å². The second-order valence-electron chi connectivity index (χ2n) is 6.67. The van der Waals surface area contributed by atoms with Crippen LogP contribution in [0, 0.1) is 5.82 Å². The minimum Gasteiger partial charge on any atom is -0.399 e. The zero-order valence-corrected chi connectivity index (χ0v) is 18.8. The molecule has 1 aromatic heterocycles. The monoisotopic (exact) mass is 458 g/mol. The molecule has 160 valence electrons. The van der Waals surface area contributed by atoms with Crippen molar-refractivity contribution < 1.29 is 9.23 Å². The van der Waals surface area contributed by atoms with E-state index < -0.39 is 5.82 Å². The van der Waals surface area contributed by atoms with E-state index in [1.165, 1.54) is 25.5 Å². The minimum atomic E-state index is -0.450. The number of rotatable bonds is 5. The van der Waals surface area contributed by atoms with Gasteiger partial charge in [0, 0.05) is 21.4 Å². The third-order valence-electron chi connectivity index (χ3n) is 4.77. The second kappa shape index (κ2) is 9.90. The molecule has 0 spiro atoms. The summed E-state index contributed by atoms with van der Waals surface area (Å²) in [5, 5.41) is 5.76. The van der Waals surface area contributed by atoms with Crippen molar-refractivity contribution in [2.75, 3.05) is 12.8 Å². The number of aryl methyl sites for hydroxylation is 1. The number of halogens is 3. The van der Waals surface area contributed by atoms with Gasteiger partial charge in [0.15, 0.2) is 0 Å². The maximum Gasteiger partial charge on any atom is 0.221 e. The van der Waals surface area contributed by atoms with E-state index in [0.29, 0.717) is 26.8 Å². The van der Waals surface area contributed by atoms with E-state index in [0.717, 1.165) is 23.1 Å². The molecule has 0 atom stereocenters. The van der Waals surface area contributed by atoms with Crippen molar-refractivity contribution in [3.8, 4) is 11.3 Å². The molecule has 0 saturated heterocycles.